The first-order valence-electron chi connectivity index (χ1n) is 5.31. The molecule has 2 heteroatoms. The van der Waals surface area contributed by atoms with Gasteiger partial charge in [0.1, 0.15) is 0 Å². The molecule has 0 N–H and O–H groups in total. The van der Waals surface area contributed by atoms with E-state index in [-0.39, 0.29) is 0 Å². The summed E-state index contributed by atoms with van der Waals surface area (Å²) in [6.45, 7) is 1.08. The average molecular weight is 293 g/mol. The summed E-state index contributed by atoms with van der Waals surface area (Å²) in [6, 6.07) is 8.89. The monoisotopic (exact) mass is 293 g/mol. The fourth-order valence-electron chi connectivity index (χ4n) is 1.69. The molecule has 0 aromatic heterocycles. The van der Waals surface area contributed by atoms with Crippen molar-refractivity contribution in [3.63, 3.8) is 0 Å². The predicted molar refractivity (Wildman–Crippen MR) is 65.0 cm³/mol. The molecule has 1 aromatic carbocycles. The second kappa shape index (κ2) is 5.82. The van der Waals surface area contributed by atoms with E-state index in [2.05, 4.69) is 52.6 Å². The van der Waals surface area contributed by atoms with Crippen LogP contribution in [0.1, 0.15) is 11.1 Å². The number of hydrogen-bond acceptors (Lipinski definition) is 1. The third-order valence-electron chi connectivity index (χ3n) is 2.23. The van der Waals surface area contributed by atoms with Crippen LogP contribution in [0.25, 0.3) is 0 Å². The molecule has 0 atom stereocenters. The van der Waals surface area contributed by atoms with Gasteiger partial charge in [-0.2, -0.15) is 0 Å². The molecule has 14 heavy (non-hydrogen) atoms. The molecule has 76 valence electrons. The Labute approximate surface area is 95.7 Å². The number of rotatable bonds is 4. The summed E-state index contributed by atoms with van der Waals surface area (Å²) in [5.74, 6) is 0. The third-order valence-corrected chi connectivity index (χ3v) is 5.82. The zero-order valence-corrected chi connectivity index (χ0v) is 13.0. The van der Waals surface area contributed by atoms with Crippen LogP contribution in [-0.2, 0) is 10.7 Å². The van der Waals surface area contributed by atoms with Crippen molar-refractivity contribution in [2.75, 3.05) is 14.1 Å². The van der Waals surface area contributed by atoms with Crippen molar-refractivity contribution in [3.05, 3.63) is 35.4 Å². The van der Waals surface area contributed by atoms with E-state index in [9.17, 15) is 0 Å². The van der Waals surface area contributed by atoms with Crippen LogP contribution in [0.15, 0.2) is 24.3 Å². The second-order valence-corrected chi connectivity index (χ2v) is 13.7. The Morgan fingerprint density at radius 2 is 1.64 bits per heavy atom. The van der Waals surface area contributed by atoms with Gasteiger partial charge in [0, 0.05) is 0 Å². The summed E-state index contributed by atoms with van der Waals surface area (Å²) in [6.07, 6.45) is 0. The number of benzene rings is 1. The van der Waals surface area contributed by atoms with Gasteiger partial charge in [-0.05, 0) is 0 Å². The van der Waals surface area contributed by atoms with E-state index in [0.29, 0.717) is 0 Å². The Balaban J connectivity index is 2.80. The van der Waals surface area contributed by atoms with Gasteiger partial charge in [-0.15, -0.1) is 0 Å². The first-order valence-corrected chi connectivity index (χ1v) is 14.2. The van der Waals surface area contributed by atoms with Gasteiger partial charge < -0.3 is 0 Å². The summed E-state index contributed by atoms with van der Waals surface area (Å²) in [5.41, 5.74) is 3.11. The van der Waals surface area contributed by atoms with Gasteiger partial charge >= 0.3 is 95.9 Å². The Morgan fingerprint density at radius 1 is 1.07 bits per heavy atom. The Hall–Kier alpha value is 0.0501. The summed E-state index contributed by atoms with van der Waals surface area (Å²) >= 11 is -1.12. The quantitative estimate of drug-likeness (QED) is 0.825. The molecule has 0 spiro atoms. The van der Waals surface area contributed by atoms with Gasteiger partial charge in [-0.3, -0.25) is 0 Å². The van der Waals surface area contributed by atoms with Crippen LogP contribution in [-0.4, -0.2) is 40.4 Å². The Morgan fingerprint density at radius 3 is 2.14 bits per heavy atom. The van der Waals surface area contributed by atoms with Crippen molar-refractivity contribution in [2.24, 2.45) is 0 Å². The van der Waals surface area contributed by atoms with Gasteiger partial charge in [-0.1, -0.05) is 0 Å². The fraction of sp³-hybridized carbons (Fsp3) is 0.500. The van der Waals surface area contributed by atoms with Crippen molar-refractivity contribution in [1.82, 2.24) is 4.90 Å². The van der Waals surface area contributed by atoms with Gasteiger partial charge in [0.25, 0.3) is 0 Å². The van der Waals surface area contributed by atoms with Crippen molar-refractivity contribution >= 4 is 21.4 Å². The zero-order chi connectivity index (χ0) is 10.6. The maximum atomic E-state index is 2.48. The van der Waals surface area contributed by atoms with E-state index in [1.54, 1.807) is 5.56 Å². The van der Waals surface area contributed by atoms with Crippen molar-refractivity contribution in [3.8, 4) is 0 Å². The van der Waals surface area contributed by atoms with Crippen LogP contribution in [0.4, 0.5) is 0 Å². The average Bonchev–Trinajstić information content (AvgIpc) is 2.06. The van der Waals surface area contributed by atoms with E-state index in [1.165, 1.54) is 9.74 Å². The van der Waals surface area contributed by atoms with E-state index in [4.69, 9.17) is 0 Å². The van der Waals surface area contributed by atoms with Crippen LogP contribution in [0.3, 0.4) is 0 Å². The fourth-order valence-corrected chi connectivity index (χ4v) is 5.34. The minimum absolute atomic E-state index is 1.08. The molecule has 1 aromatic rings. The summed E-state index contributed by atoms with van der Waals surface area (Å²) in [5, 5.41) is 0. The van der Waals surface area contributed by atoms with Gasteiger partial charge in [0.05, 0.1) is 0 Å². The molecule has 0 saturated heterocycles. The molecular weight excluding hydrogens is 273 g/mol. The van der Waals surface area contributed by atoms with Crippen LogP contribution < -0.4 is 0 Å². The SMILES string of the molecule is CN(C)Cc1ccccc1[CH2][In]([CH3])[CH3]. The van der Waals surface area contributed by atoms with Gasteiger partial charge in [0.15, 0.2) is 0 Å². The first-order chi connectivity index (χ1) is 6.59. The molecule has 1 rings (SSSR count). The van der Waals surface area contributed by atoms with Crippen LogP contribution >= 0.6 is 0 Å². The first kappa shape index (κ1) is 12.1. The van der Waals surface area contributed by atoms with Crippen LogP contribution in [0.2, 0.25) is 9.36 Å². The molecule has 0 aliphatic carbocycles. The number of nitrogens with zero attached hydrogens (tertiary/aromatic N) is 1. The van der Waals surface area contributed by atoms with E-state index < -0.39 is 21.4 Å². The topological polar surface area (TPSA) is 3.24 Å². The molecule has 0 aliphatic rings. The van der Waals surface area contributed by atoms with Gasteiger partial charge in [0.2, 0.25) is 0 Å². The zero-order valence-electron chi connectivity index (χ0n) is 9.75. The van der Waals surface area contributed by atoms with Crippen molar-refractivity contribution in [2.45, 2.75) is 20.1 Å². The molecule has 0 unspecified atom stereocenters. The van der Waals surface area contributed by atoms with Gasteiger partial charge in [-0.25, -0.2) is 0 Å². The molecule has 0 saturated carbocycles. The molecule has 0 aliphatic heterocycles. The van der Waals surface area contributed by atoms with Crippen LogP contribution in [0, 0.1) is 0 Å². The molecular formula is C12H20InN. The minimum atomic E-state index is -1.12. The maximum absolute atomic E-state index is 2.48. The van der Waals surface area contributed by atoms with Crippen molar-refractivity contribution in [1.29, 1.82) is 0 Å². The summed E-state index contributed by atoms with van der Waals surface area (Å²) in [4.78, 5) is 2.24. The summed E-state index contributed by atoms with van der Waals surface area (Å²) in [7, 11) is 4.27. The Kier molecular flexibility index (Phi) is 5.04. The predicted octanol–water partition coefficient (Wildman–Crippen LogP) is 2.58. The van der Waals surface area contributed by atoms with E-state index in [1.807, 2.05) is 0 Å². The normalized spacial score (nSPS) is 10.6. The second-order valence-electron chi connectivity index (χ2n) is 4.60. The van der Waals surface area contributed by atoms with Crippen LogP contribution in [0.5, 0.6) is 0 Å². The van der Waals surface area contributed by atoms with Crippen molar-refractivity contribution < 1.29 is 0 Å². The summed E-state index contributed by atoms with van der Waals surface area (Å²) < 4.78 is 6.36. The third kappa shape index (κ3) is 4.05. The standard InChI is InChI=1S/C10H14N.2CH3.In/c1-9-6-4-5-7-10(9)8-11(2)3;;;/h4-7H,1,8H2,2-3H3;2*1H3;. The molecule has 0 fully saturated rings. The number of hydrogen-bond donors (Lipinski definition) is 0. The Bertz CT molecular complexity index is 252. The molecule has 0 bridgehead atoms. The van der Waals surface area contributed by atoms with E-state index in [0.717, 1.165) is 6.54 Å². The van der Waals surface area contributed by atoms with E-state index >= 15 is 0 Å². The molecule has 0 heterocycles. The molecule has 0 radical (unpaired) electrons. The molecule has 0 amide bonds. The molecule has 1 nitrogen and oxygen atoms in total.